The van der Waals surface area contributed by atoms with E-state index in [0.29, 0.717) is 43.6 Å². The lowest BCUT2D eigenvalue weighted by molar-refractivity contribution is -0.130. The van der Waals surface area contributed by atoms with Crippen molar-refractivity contribution >= 4 is 34.7 Å². The lowest BCUT2D eigenvalue weighted by Crippen LogP contribution is -2.39. The van der Waals surface area contributed by atoms with E-state index in [9.17, 15) is 9.59 Å². The molecule has 2 aromatic carbocycles. The number of fused-ring (bicyclic) bond motifs is 6. The number of carbonyl (C=O) groups is 2. The minimum atomic E-state index is -0.320. The van der Waals surface area contributed by atoms with Crippen LogP contribution in [0.5, 0.6) is 0 Å². The first-order valence-corrected chi connectivity index (χ1v) is 14.5. The second-order valence-electron chi connectivity index (χ2n) is 11.3. The number of anilines is 4. The highest BCUT2D eigenvalue weighted by molar-refractivity contribution is 5.87. The van der Waals surface area contributed by atoms with Crippen molar-refractivity contribution in [3.8, 4) is 0 Å². The fourth-order valence-corrected chi connectivity index (χ4v) is 5.23. The van der Waals surface area contributed by atoms with E-state index in [1.807, 2.05) is 48.3 Å². The zero-order valence-corrected chi connectivity index (χ0v) is 24.7. The van der Waals surface area contributed by atoms with Gasteiger partial charge in [0.2, 0.25) is 5.91 Å². The maximum absolute atomic E-state index is 13.2. The van der Waals surface area contributed by atoms with Gasteiger partial charge in [0.15, 0.2) is 0 Å². The molecular weight excluding hydrogens is 514 g/mol. The van der Waals surface area contributed by atoms with Crippen LogP contribution in [0.1, 0.15) is 44.7 Å². The number of hydrogen-bond donors (Lipinski definition) is 3. The Balaban J connectivity index is 1.58. The Labute approximate surface area is 243 Å². The zero-order valence-electron chi connectivity index (χ0n) is 24.7. The molecule has 1 aromatic heterocycles. The highest BCUT2D eigenvalue weighted by Gasteiger charge is 2.23. The van der Waals surface area contributed by atoms with Gasteiger partial charge in [0.05, 0.1) is 6.54 Å². The summed E-state index contributed by atoms with van der Waals surface area (Å²) in [6, 6.07) is 18.2. The van der Waals surface area contributed by atoms with Crippen molar-refractivity contribution in [1.82, 2.24) is 25.1 Å². The molecule has 0 aliphatic carbocycles. The molecular formula is C32H43N7O2. The van der Waals surface area contributed by atoms with E-state index in [4.69, 9.17) is 0 Å². The molecule has 2 heterocycles. The molecule has 218 valence electrons. The Kier molecular flexibility index (Phi) is 10.8. The minimum Gasteiger partial charge on any atom is -0.355 e. The third-order valence-corrected chi connectivity index (χ3v) is 7.15. The molecule has 1 aliphatic heterocycles. The summed E-state index contributed by atoms with van der Waals surface area (Å²) in [5, 5.41) is 9.89. The maximum Gasteiger partial charge on any atom is 0.223 e. The van der Waals surface area contributed by atoms with Crippen LogP contribution in [0, 0.1) is 11.8 Å². The predicted molar refractivity (Wildman–Crippen MR) is 164 cm³/mol. The number of aromatic nitrogens is 2. The normalized spacial score (nSPS) is 18.3. The first kappa shape index (κ1) is 30.1. The van der Waals surface area contributed by atoms with E-state index in [0.717, 1.165) is 42.1 Å². The summed E-state index contributed by atoms with van der Waals surface area (Å²) in [6.45, 7) is 10.1. The van der Waals surface area contributed by atoms with Gasteiger partial charge in [-0.3, -0.25) is 19.4 Å². The van der Waals surface area contributed by atoms with Gasteiger partial charge >= 0.3 is 0 Å². The number of hydrogen-bond acceptors (Lipinski definition) is 8. The number of amides is 1. The number of Topliss-reactive ketones (excluding diaryl/α,β-unsaturated/α-hetero) is 1. The van der Waals surface area contributed by atoms with Crippen LogP contribution < -0.4 is 16.0 Å². The quantitative estimate of drug-likeness (QED) is 0.415. The Morgan fingerprint density at radius 2 is 1.54 bits per heavy atom. The fraction of sp³-hybridized carbons (Fsp3) is 0.438. The molecule has 1 unspecified atom stereocenters. The second kappa shape index (κ2) is 14.7. The summed E-state index contributed by atoms with van der Waals surface area (Å²) >= 11 is 0. The number of benzene rings is 2. The van der Waals surface area contributed by atoms with E-state index in [2.05, 4.69) is 69.8 Å². The standard InChI is InChI=1S/C32H43N7O2/c1-5-39-13-12-33-32(41)26(14-23(2)3)17-29(40)21-38(4)19-24-8-6-10-27(15-24)36-30-18-31(35-22-34-30)37-28-11-7-9-25(16-28)20-39/h6-11,15-16,18,22-23,26H,5,12-14,17,19-21H2,1-4H3,(H,33,41)(H2,34,35,36,37). The Morgan fingerprint density at radius 1 is 0.902 bits per heavy atom. The van der Waals surface area contributed by atoms with Gasteiger partial charge in [-0.05, 0) is 61.3 Å². The van der Waals surface area contributed by atoms with Gasteiger partial charge in [-0.15, -0.1) is 0 Å². The predicted octanol–water partition coefficient (Wildman–Crippen LogP) is 4.97. The van der Waals surface area contributed by atoms with Crippen molar-refractivity contribution in [2.75, 3.05) is 43.9 Å². The summed E-state index contributed by atoms with van der Waals surface area (Å²) in [4.78, 5) is 39.3. The van der Waals surface area contributed by atoms with Gasteiger partial charge in [-0.1, -0.05) is 45.0 Å². The van der Waals surface area contributed by atoms with Crippen LogP contribution in [-0.2, 0) is 22.7 Å². The molecule has 6 bridgehead atoms. The minimum absolute atomic E-state index is 0.0306. The molecule has 0 saturated heterocycles. The third-order valence-electron chi connectivity index (χ3n) is 7.15. The van der Waals surface area contributed by atoms with Gasteiger partial charge in [-0.25, -0.2) is 9.97 Å². The molecule has 9 nitrogen and oxygen atoms in total. The van der Waals surface area contributed by atoms with E-state index < -0.39 is 0 Å². The first-order valence-electron chi connectivity index (χ1n) is 14.5. The molecule has 3 aromatic rings. The summed E-state index contributed by atoms with van der Waals surface area (Å²) < 4.78 is 0. The molecule has 0 radical (unpaired) electrons. The smallest absolute Gasteiger partial charge is 0.223 e. The molecule has 0 fully saturated rings. The van der Waals surface area contributed by atoms with Crippen LogP contribution in [0.15, 0.2) is 60.9 Å². The number of likely N-dealkylation sites (N-methyl/N-ethyl adjacent to an activating group) is 2. The second-order valence-corrected chi connectivity index (χ2v) is 11.3. The molecule has 0 spiro atoms. The largest absolute Gasteiger partial charge is 0.355 e. The van der Waals surface area contributed by atoms with Gasteiger partial charge in [-0.2, -0.15) is 0 Å². The van der Waals surface area contributed by atoms with Crippen molar-refractivity contribution in [2.45, 2.75) is 46.7 Å². The molecule has 1 amide bonds. The Hall–Kier alpha value is -3.82. The topological polar surface area (TPSA) is 102 Å². The van der Waals surface area contributed by atoms with Gasteiger partial charge < -0.3 is 16.0 Å². The molecule has 3 N–H and O–H groups in total. The fourth-order valence-electron chi connectivity index (χ4n) is 5.23. The SMILES string of the molecule is CCN1CCNC(=O)C(CC(C)C)CC(=O)CN(C)Cc2cccc(c2)Nc2cc(ncn2)Nc2cccc(c2)C1. The van der Waals surface area contributed by atoms with Crippen molar-refractivity contribution in [1.29, 1.82) is 0 Å². The Morgan fingerprint density at radius 3 is 2.15 bits per heavy atom. The average Bonchev–Trinajstić information content (AvgIpc) is 2.92. The van der Waals surface area contributed by atoms with Crippen molar-refractivity contribution in [2.24, 2.45) is 11.8 Å². The number of rotatable bonds is 3. The molecule has 1 atom stereocenters. The number of nitrogens with one attached hydrogen (secondary N) is 3. The van der Waals surface area contributed by atoms with Gasteiger partial charge in [0, 0.05) is 56.0 Å². The highest BCUT2D eigenvalue weighted by Crippen LogP contribution is 2.22. The molecule has 41 heavy (non-hydrogen) atoms. The van der Waals surface area contributed by atoms with Crippen LogP contribution in [0.3, 0.4) is 0 Å². The number of carbonyl (C=O) groups excluding carboxylic acids is 2. The van der Waals surface area contributed by atoms with Crippen LogP contribution in [0.25, 0.3) is 0 Å². The van der Waals surface area contributed by atoms with E-state index >= 15 is 0 Å². The number of nitrogens with zero attached hydrogens (tertiary/aromatic N) is 4. The lowest BCUT2D eigenvalue weighted by Gasteiger charge is -2.23. The molecule has 1 aliphatic rings. The summed E-state index contributed by atoms with van der Waals surface area (Å²) in [6.07, 6.45) is 2.48. The lowest BCUT2D eigenvalue weighted by atomic mass is 9.91. The van der Waals surface area contributed by atoms with E-state index in [1.54, 1.807) is 6.33 Å². The average molecular weight is 558 g/mol. The van der Waals surface area contributed by atoms with Crippen molar-refractivity contribution in [3.63, 3.8) is 0 Å². The van der Waals surface area contributed by atoms with Crippen LogP contribution in [0.2, 0.25) is 0 Å². The Bertz CT molecular complexity index is 1310. The monoisotopic (exact) mass is 557 g/mol. The van der Waals surface area contributed by atoms with E-state index in [1.165, 1.54) is 0 Å². The molecule has 9 heteroatoms. The summed E-state index contributed by atoms with van der Waals surface area (Å²) in [5.41, 5.74) is 4.09. The summed E-state index contributed by atoms with van der Waals surface area (Å²) in [5.74, 6) is 1.43. The zero-order chi connectivity index (χ0) is 29.2. The van der Waals surface area contributed by atoms with Crippen molar-refractivity contribution < 1.29 is 9.59 Å². The summed E-state index contributed by atoms with van der Waals surface area (Å²) in [7, 11) is 1.94. The first-order chi connectivity index (χ1) is 19.8. The van der Waals surface area contributed by atoms with E-state index in [-0.39, 0.29) is 24.0 Å². The third kappa shape index (κ3) is 9.65. The molecule has 0 saturated carbocycles. The molecule has 4 rings (SSSR count). The van der Waals surface area contributed by atoms with Crippen molar-refractivity contribution in [3.05, 3.63) is 72.1 Å². The number of ketones is 1. The van der Waals surface area contributed by atoms with Gasteiger partial charge in [0.25, 0.3) is 0 Å². The van der Waals surface area contributed by atoms with Crippen LogP contribution in [0.4, 0.5) is 23.0 Å². The van der Waals surface area contributed by atoms with Crippen LogP contribution >= 0.6 is 0 Å². The highest BCUT2D eigenvalue weighted by atomic mass is 16.2. The van der Waals surface area contributed by atoms with Crippen LogP contribution in [-0.4, -0.2) is 64.7 Å². The maximum atomic E-state index is 13.2. The van der Waals surface area contributed by atoms with Gasteiger partial charge in [0.1, 0.15) is 23.7 Å².